The zero-order valence-corrected chi connectivity index (χ0v) is 15.3. The fraction of sp³-hybridized carbons (Fsp3) is 0.722. The van der Waals surface area contributed by atoms with Crippen LogP contribution in [0.15, 0.2) is 24.3 Å². The highest BCUT2D eigenvalue weighted by atomic mass is 28.4. The molecule has 2 nitrogen and oxygen atoms in total. The van der Waals surface area contributed by atoms with Gasteiger partial charge in [-0.2, -0.15) is 0 Å². The number of rotatable bonds is 5. The van der Waals surface area contributed by atoms with Gasteiger partial charge in [0.2, 0.25) is 0 Å². The minimum absolute atomic E-state index is 0.190. The van der Waals surface area contributed by atoms with Crippen LogP contribution in [-0.4, -0.2) is 19.7 Å². The second kappa shape index (κ2) is 5.51. The Morgan fingerprint density at radius 3 is 2.71 bits per heavy atom. The van der Waals surface area contributed by atoms with Crippen LogP contribution in [0.1, 0.15) is 52.9 Å². The number of fused-ring (bicyclic) bond motifs is 1. The molecule has 0 amide bonds. The average molecular weight is 307 g/mol. The predicted octanol–water partition coefficient (Wildman–Crippen LogP) is 5.02. The van der Waals surface area contributed by atoms with E-state index in [1.54, 1.807) is 0 Å². The van der Waals surface area contributed by atoms with Crippen LogP contribution in [0.4, 0.5) is 0 Å². The third-order valence-electron chi connectivity index (χ3n) is 5.64. The van der Waals surface area contributed by atoms with Crippen molar-refractivity contribution in [3.8, 4) is 0 Å². The van der Waals surface area contributed by atoms with E-state index in [0.29, 0.717) is 12.3 Å². The quantitative estimate of drug-likeness (QED) is 0.526. The molecule has 118 valence electrons. The summed E-state index contributed by atoms with van der Waals surface area (Å²) in [5, 5.41) is 0.190. The van der Waals surface area contributed by atoms with Crippen molar-refractivity contribution in [2.24, 2.45) is 5.92 Å². The zero-order valence-electron chi connectivity index (χ0n) is 14.3. The van der Waals surface area contributed by atoms with Crippen molar-refractivity contribution in [1.82, 2.24) is 0 Å². The molecule has 1 fully saturated rings. The molecular formula is C18H30O2Si. The minimum atomic E-state index is -1.86. The first-order valence-electron chi connectivity index (χ1n) is 8.17. The summed E-state index contributed by atoms with van der Waals surface area (Å²) in [6.07, 6.45) is 8.66. The first kappa shape index (κ1) is 16.7. The molecule has 0 saturated heterocycles. The molecule has 21 heavy (non-hydrogen) atoms. The molecule has 0 unspecified atom stereocenters. The van der Waals surface area contributed by atoms with Crippen molar-refractivity contribution in [3.63, 3.8) is 0 Å². The molecule has 2 atom stereocenters. The van der Waals surface area contributed by atoms with Gasteiger partial charge in [-0.15, -0.1) is 6.58 Å². The summed E-state index contributed by atoms with van der Waals surface area (Å²) in [5.74, 6) is 0.726. The van der Waals surface area contributed by atoms with Gasteiger partial charge in [-0.05, 0) is 61.4 Å². The van der Waals surface area contributed by atoms with E-state index < -0.39 is 8.32 Å². The Kier molecular flexibility index (Phi) is 4.38. The van der Waals surface area contributed by atoms with Gasteiger partial charge in [-0.25, -0.2) is 0 Å². The number of allylic oxidation sites excluding steroid dienone is 2. The zero-order chi connectivity index (χ0) is 15.9. The van der Waals surface area contributed by atoms with Crippen molar-refractivity contribution in [1.29, 1.82) is 0 Å². The van der Waals surface area contributed by atoms with Gasteiger partial charge in [0.25, 0.3) is 0 Å². The molecule has 0 aromatic carbocycles. The van der Waals surface area contributed by atoms with Crippen LogP contribution in [0.3, 0.4) is 0 Å². The predicted molar refractivity (Wildman–Crippen MR) is 90.9 cm³/mol. The lowest BCUT2D eigenvalue weighted by molar-refractivity contribution is -0.114. The van der Waals surface area contributed by atoms with E-state index in [1.807, 2.05) is 12.2 Å². The third-order valence-corrected chi connectivity index (χ3v) is 10.1. The van der Waals surface area contributed by atoms with Crippen LogP contribution in [0.25, 0.3) is 0 Å². The summed E-state index contributed by atoms with van der Waals surface area (Å²) in [4.78, 5) is 11.8. The lowest BCUT2D eigenvalue weighted by atomic mass is 9.90. The third kappa shape index (κ3) is 3.09. The molecule has 2 rings (SSSR count). The Balaban J connectivity index is 2.33. The van der Waals surface area contributed by atoms with Crippen LogP contribution in [0, 0.1) is 5.92 Å². The SMILES string of the molecule is C=CCC[C@]1(O[Si](C)(C)C(C)(C)C)CC[C@H]2CC(=O)C=C21. The maximum atomic E-state index is 11.8. The summed E-state index contributed by atoms with van der Waals surface area (Å²) in [5.41, 5.74) is 1.09. The molecule has 0 radical (unpaired) electrons. The van der Waals surface area contributed by atoms with E-state index in [4.69, 9.17) is 4.43 Å². The molecule has 0 N–H and O–H groups in total. The van der Waals surface area contributed by atoms with Crippen LogP contribution in [-0.2, 0) is 9.22 Å². The van der Waals surface area contributed by atoms with Gasteiger partial charge in [0, 0.05) is 6.42 Å². The van der Waals surface area contributed by atoms with Gasteiger partial charge >= 0.3 is 0 Å². The lowest BCUT2D eigenvalue weighted by Gasteiger charge is -2.45. The van der Waals surface area contributed by atoms with Gasteiger partial charge in [0.1, 0.15) is 0 Å². The van der Waals surface area contributed by atoms with Crippen molar-refractivity contribution >= 4 is 14.1 Å². The first-order chi connectivity index (χ1) is 9.61. The Morgan fingerprint density at radius 1 is 1.48 bits per heavy atom. The van der Waals surface area contributed by atoms with Crippen molar-refractivity contribution in [3.05, 3.63) is 24.3 Å². The number of carbonyl (C=O) groups is 1. The molecule has 0 aromatic heterocycles. The molecule has 3 heteroatoms. The second-order valence-corrected chi connectivity index (χ2v) is 12.9. The molecule has 2 aliphatic carbocycles. The van der Waals surface area contributed by atoms with Gasteiger partial charge in [-0.3, -0.25) is 4.79 Å². The fourth-order valence-corrected chi connectivity index (χ4v) is 5.03. The van der Waals surface area contributed by atoms with Crippen molar-refractivity contribution < 1.29 is 9.22 Å². The Morgan fingerprint density at radius 2 is 2.14 bits per heavy atom. The van der Waals surface area contributed by atoms with Crippen LogP contribution in [0.5, 0.6) is 0 Å². The summed E-state index contributed by atoms with van der Waals surface area (Å²) in [7, 11) is -1.86. The van der Waals surface area contributed by atoms with Crippen LogP contribution in [0.2, 0.25) is 18.1 Å². The summed E-state index contributed by atoms with van der Waals surface area (Å²) < 4.78 is 6.89. The monoisotopic (exact) mass is 306 g/mol. The van der Waals surface area contributed by atoms with Crippen molar-refractivity contribution in [2.45, 2.75) is 76.6 Å². The molecule has 0 aromatic rings. The number of hydrogen-bond acceptors (Lipinski definition) is 2. The maximum absolute atomic E-state index is 11.8. The molecule has 0 bridgehead atoms. The molecule has 2 aliphatic rings. The fourth-order valence-electron chi connectivity index (χ4n) is 3.42. The van der Waals surface area contributed by atoms with E-state index in [0.717, 1.165) is 25.7 Å². The molecule has 0 aliphatic heterocycles. The molecule has 0 heterocycles. The first-order valence-corrected chi connectivity index (χ1v) is 11.1. The number of hydrogen-bond donors (Lipinski definition) is 0. The maximum Gasteiger partial charge on any atom is 0.193 e. The Bertz CT molecular complexity index is 470. The van der Waals surface area contributed by atoms with E-state index >= 15 is 0 Å². The molecular weight excluding hydrogens is 276 g/mol. The van der Waals surface area contributed by atoms with Crippen LogP contribution < -0.4 is 0 Å². The summed E-state index contributed by atoms with van der Waals surface area (Å²) >= 11 is 0. The number of carbonyl (C=O) groups excluding carboxylic acids is 1. The second-order valence-electron chi connectivity index (χ2n) is 8.19. The van der Waals surface area contributed by atoms with E-state index in [9.17, 15) is 4.79 Å². The summed E-state index contributed by atoms with van der Waals surface area (Å²) in [6, 6.07) is 0. The van der Waals surface area contributed by atoms with E-state index in [2.05, 4.69) is 40.4 Å². The average Bonchev–Trinajstić information content (AvgIpc) is 2.85. The molecule has 1 saturated carbocycles. The van der Waals surface area contributed by atoms with E-state index in [1.165, 1.54) is 5.57 Å². The Labute approximate surface area is 130 Å². The van der Waals surface area contributed by atoms with Gasteiger partial charge in [-0.1, -0.05) is 26.8 Å². The van der Waals surface area contributed by atoms with Gasteiger partial charge < -0.3 is 4.43 Å². The van der Waals surface area contributed by atoms with Gasteiger partial charge in [0.05, 0.1) is 5.60 Å². The van der Waals surface area contributed by atoms with Gasteiger partial charge in [0.15, 0.2) is 14.1 Å². The largest absolute Gasteiger partial charge is 0.408 e. The van der Waals surface area contributed by atoms with Crippen LogP contribution >= 0.6 is 0 Å². The topological polar surface area (TPSA) is 26.3 Å². The lowest BCUT2D eigenvalue weighted by Crippen LogP contribution is -2.49. The molecule has 0 spiro atoms. The standard InChI is InChI=1S/C18H30O2Si/c1-7-8-10-18(20-21(5,6)17(2,3)4)11-9-14-12-15(19)13-16(14)18/h7,13-14H,1,8-12H2,2-6H3/t14-,18-/m0/s1. The smallest absolute Gasteiger partial charge is 0.193 e. The van der Waals surface area contributed by atoms with Crippen molar-refractivity contribution in [2.75, 3.05) is 0 Å². The highest BCUT2D eigenvalue weighted by Gasteiger charge is 2.52. The Hall–Kier alpha value is -0.673. The number of ketones is 1. The normalized spacial score (nSPS) is 29.5. The highest BCUT2D eigenvalue weighted by molar-refractivity contribution is 6.74. The van der Waals surface area contributed by atoms with E-state index in [-0.39, 0.29) is 16.4 Å². The summed E-state index contributed by atoms with van der Waals surface area (Å²) in [6.45, 7) is 15.3. The highest BCUT2D eigenvalue weighted by Crippen LogP contribution is 2.53. The minimum Gasteiger partial charge on any atom is -0.408 e.